The maximum Gasteiger partial charge on any atom is 0.268 e. The van der Waals surface area contributed by atoms with Gasteiger partial charge >= 0.3 is 0 Å². The molecule has 0 aliphatic rings. The minimum atomic E-state index is -3.93. The molecular formula is C17H11ClFNO3S. The molecule has 0 amide bonds. The van der Waals surface area contributed by atoms with Crippen LogP contribution in [0.4, 0.5) is 4.39 Å². The summed E-state index contributed by atoms with van der Waals surface area (Å²) >= 11 is 5.79. The van der Waals surface area contributed by atoms with E-state index in [0.29, 0.717) is 16.9 Å². The molecule has 0 bridgehead atoms. The average molecular weight is 364 g/mol. The number of nitrogens with zero attached hydrogens (tertiary/aromatic N) is 1. The van der Waals surface area contributed by atoms with Gasteiger partial charge in [-0.2, -0.15) is 0 Å². The zero-order chi connectivity index (χ0) is 17.3. The first kappa shape index (κ1) is 16.4. The molecule has 0 aliphatic heterocycles. The van der Waals surface area contributed by atoms with E-state index in [2.05, 4.69) is 0 Å². The largest absolute Gasteiger partial charge is 0.298 e. The summed E-state index contributed by atoms with van der Waals surface area (Å²) < 4.78 is 39.9. The van der Waals surface area contributed by atoms with E-state index in [0.717, 1.165) is 3.97 Å². The van der Waals surface area contributed by atoms with Gasteiger partial charge in [0.05, 0.1) is 10.6 Å². The van der Waals surface area contributed by atoms with Gasteiger partial charge in [0.1, 0.15) is 5.82 Å². The van der Waals surface area contributed by atoms with Crippen molar-refractivity contribution in [1.82, 2.24) is 3.97 Å². The summed E-state index contributed by atoms with van der Waals surface area (Å²) in [4.78, 5) is 11.1. The van der Waals surface area contributed by atoms with Gasteiger partial charge in [0.25, 0.3) is 10.0 Å². The van der Waals surface area contributed by atoms with E-state index >= 15 is 0 Å². The summed E-state index contributed by atoms with van der Waals surface area (Å²) in [6, 6.07) is 12.5. The summed E-state index contributed by atoms with van der Waals surface area (Å²) in [5, 5.41) is 0.411. The Morgan fingerprint density at radius 3 is 2.21 bits per heavy atom. The molecule has 0 spiro atoms. The van der Waals surface area contributed by atoms with E-state index in [1.54, 1.807) is 0 Å². The molecule has 4 nitrogen and oxygen atoms in total. The van der Waals surface area contributed by atoms with Crippen LogP contribution in [0, 0.1) is 5.82 Å². The normalized spacial score (nSPS) is 11.4. The molecule has 24 heavy (non-hydrogen) atoms. The van der Waals surface area contributed by atoms with E-state index in [1.165, 1.54) is 60.8 Å². The smallest absolute Gasteiger partial charge is 0.268 e. The van der Waals surface area contributed by atoms with E-state index in [4.69, 9.17) is 11.6 Å². The minimum absolute atomic E-state index is 0.0308. The van der Waals surface area contributed by atoms with Crippen LogP contribution in [0.3, 0.4) is 0 Å². The zero-order valence-electron chi connectivity index (χ0n) is 12.2. The third kappa shape index (κ3) is 2.98. The molecule has 0 radical (unpaired) electrons. The van der Waals surface area contributed by atoms with Crippen molar-refractivity contribution in [3.63, 3.8) is 0 Å². The maximum absolute atomic E-state index is 13.1. The predicted octanol–water partition coefficient (Wildman–Crippen LogP) is 4.00. The van der Waals surface area contributed by atoms with Crippen LogP contribution in [-0.2, 0) is 10.0 Å². The first-order valence-electron chi connectivity index (χ1n) is 6.86. The van der Waals surface area contributed by atoms with Gasteiger partial charge in [-0.25, -0.2) is 16.8 Å². The van der Waals surface area contributed by atoms with Gasteiger partial charge in [-0.3, -0.25) is 4.79 Å². The molecule has 3 aromatic rings. The minimum Gasteiger partial charge on any atom is -0.298 e. The van der Waals surface area contributed by atoms with Crippen LogP contribution >= 0.6 is 11.6 Å². The molecule has 0 saturated carbocycles. The molecule has 0 saturated heterocycles. The van der Waals surface area contributed by atoms with Crippen molar-refractivity contribution in [2.24, 2.45) is 0 Å². The standard InChI is InChI=1S/C17H11ClFNO3S/c18-14-3-7-16(8-4-14)24(22,23)20-10-12(11-21)9-17(20)13-1-5-15(19)6-2-13/h1-11H. The number of carbonyl (C=O) groups is 1. The number of hydrogen-bond donors (Lipinski definition) is 0. The Balaban J connectivity index is 2.20. The van der Waals surface area contributed by atoms with E-state index in [9.17, 15) is 17.6 Å². The van der Waals surface area contributed by atoms with E-state index < -0.39 is 15.8 Å². The fourth-order valence-electron chi connectivity index (χ4n) is 2.28. The van der Waals surface area contributed by atoms with Gasteiger partial charge in [-0.15, -0.1) is 0 Å². The monoisotopic (exact) mass is 363 g/mol. The zero-order valence-corrected chi connectivity index (χ0v) is 13.8. The van der Waals surface area contributed by atoms with Crippen LogP contribution in [0.1, 0.15) is 10.4 Å². The molecule has 0 N–H and O–H groups in total. The van der Waals surface area contributed by atoms with Crippen LogP contribution < -0.4 is 0 Å². The highest BCUT2D eigenvalue weighted by atomic mass is 35.5. The third-order valence-corrected chi connectivity index (χ3v) is 5.39. The number of benzene rings is 2. The first-order valence-corrected chi connectivity index (χ1v) is 8.68. The molecule has 7 heteroatoms. The Hall–Kier alpha value is -2.44. The van der Waals surface area contributed by atoms with Gasteiger partial charge in [0, 0.05) is 16.8 Å². The lowest BCUT2D eigenvalue weighted by Gasteiger charge is -2.11. The number of halogens is 2. The molecule has 0 atom stereocenters. The van der Waals surface area contributed by atoms with Crippen LogP contribution in [0.2, 0.25) is 5.02 Å². The Morgan fingerprint density at radius 1 is 1.00 bits per heavy atom. The van der Waals surface area contributed by atoms with Crippen molar-refractivity contribution >= 4 is 27.9 Å². The van der Waals surface area contributed by atoms with Crippen LogP contribution in [-0.4, -0.2) is 18.7 Å². The lowest BCUT2D eigenvalue weighted by Crippen LogP contribution is -2.13. The summed E-state index contributed by atoms with van der Waals surface area (Å²) in [6.07, 6.45) is 1.79. The van der Waals surface area contributed by atoms with E-state index in [-0.39, 0.29) is 16.2 Å². The fraction of sp³-hybridized carbons (Fsp3) is 0. The molecule has 2 aromatic carbocycles. The Labute approximate surface area is 143 Å². The fourth-order valence-corrected chi connectivity index (χ4v) is 3.79. The maximum atomic E-state index is 13.1. The number of aldehydes is 1. The van der Waals surface area contributed by atoms with Crippen molar-refractivity contribution < 1.29 is 17.6 Å². The second kappa shape index (κ2) is 6.22. The second-order valence-electron chi connectivity index (χ2n) is 5.04. The SMILES string of the molecule is O=Cc1cc(-c2ccc(F)cc2)n(S(=O)(=O)c2ccc(Cl)cc2)c1. The average Bonchev–Trinajstić information content (AvgIpc) is 3.01. The third-order valence-electron chi connectivity index (χ3n) is 3.45. The number of rotatable bonds is 4. The van der Waals surface area contributed by atoms with Crippen molar-refractivity contribution in [2.75, 3.05) is 0 Å². The Kier molecular flexibility index (Phi) is 4.26. The summed E-state index contributed by atoms with van der Waals surface area (Å²) in [7, 11) is -3.93. The van der Waals surface area contributed by atoms with Gasteiger partial charge < -0.3 is 0 Å². The van der Waals surface area contributed by atoms with Crippen molar-refractivity contribution in [2.45, 2.75) is 4.90 Å². The second-order valence-corrected chi connectivity index (χ2v) is 7.29. The lowest BCUT2D eigenvalue weighted by atomic mass is 10.1. The Morgan fingerprint density at radius 2 is 1.62 bits per heavy atom. The summed E-state index contributed by atoms with van der Waals surface area (Å²) in [5.41, 5.74) is 0.945. The highest BCUT2D eigenvalue weighted by Gasteiger charge is 2.21. The molecule has 0 fully saturated rings. The topological polar surface area (TPSA) is 56.1 Å². The van der Waals surface area contributed by atoms with Crippen LogP contribution in [0.25, 0.3) is 11.3 Å². The number of hydrogen-bond acceptors (Lipinski definition) is 3. The number of carbonyl (C=O) groups excluding carboxylic acids is 1. The molecule has 122 valence electrons. The molecule has 1 heterocycles. The highest BCUT2D eigenvalue weighted by Crippen LogP contribution is 2.27. The molecule has 1 aromatic heterocycles. The lowest BCUT2D eigenvalue weighted by molar-refractivity contribution is 0.112. The predicted molar refractivity (Wildman–Crippen MR) is 89.2 cm³/mol. The van der Waals surface area contributed by atoms with E-state index in [1.807, 2.05) is 0 Å². The van der Waals surface area contributed by atoms with Crippen molar-refractivity contribution in [3.8, 4) is 11.3 Å². The molecule has 0 unspecified atom stereocenters. The van der Waals surface area contributed by atoms with Gasteiger partial charge in [0.2, 0.25) is 0 Å². The number of aromatic nitrogens is 1. The summed E-state index contributed by atoms with van der Waals surface area (Å²) in [6.45, 7) is 0. The quantitative estimate of drug-likeness (QED) is 0.658. The Bertz CT molecular complexity index is 993. The van der Waals surface area contributed by atoms with Crippen molar-refractivity contribution in [1.29, 1.82) is 0 Å². The van der Waals surface area contributed by atoms with Gasteiger partial charge in [-0.1, -0.05) is 11.6 Å². The van der Waals surface area contributed by atoms with Gasteiger partial charge in [0.15, 0.2) is 6.29 Å². The van der Waals surface area contributed by atoms with Crippen LogP contribution in [0.5, 0.6) is 0 Å². The molecular weight excluding hydrogens is 353 g/mol. The van der Waals surface area contributed by atoms with Gasteiger partial charge in [-0.05, 0) is 60.2 Å². The first-order chi connectivity index (χ1) is 11.4. The van der Waals surface area contributed by atoms with Crippen LogP contribution in [0.15, 0.2) is 65.7 Å². The summed E-state index contributed by atoms with van der Waals surface area (Å²) in [5.74, 6) is -0.437. The highest BCUT2D eigenvalue weighted by molar-refractivity contribution is 7.90. The molecule has 0 aliphatic carbocycles. The molecule has 3 rings (SSSR count). The van der Waals surface area contributed by atoms with Crippen molar-refractivity contribution in [3.05, 3.63) is 77.2 Å².